The zero-order chi connectivity index (χ0) is 16.1. The minimum absolute atomic E-state index is 0. The Kier molecular flexibility index (Phi) is 7.32. The zero-order valence-corrected chi connectivity index (χ0v) is 14.1. The molecule has 0 spiro atoms. The van der Waals surface area contributed by atoms with Crippen LogP contribution in [0.4, 0.5) is 4.79 Å². The molecule has 6 N–H and O–H groups in total. The number of aryl methyl sites for hydroxylation is 1. The molecule has 23 heavy (non-hydrogen) atoms. The minimum atomic E-state index is -0.643. The van der Waals surface area contributed by atoms with Gasteiger partial charge in [0.1, 0.15) is 0 Å². The van der Waals surface area contributed by atoms with Gasteiger partial charge in [-0.3, -0.25) is 4.79 Å². The summed E-state index contributed by atoms with van der Waals surface area (Å²) < 4.78 is 0. The maximum Gasteiger partial charge on any atom is 0.312 e. The van der Waals surface area contributed by atoms with E-state index in [2.05, 4.69) is 10.6 Å². The van der Waals surface area contributed by atoms with Gasteiger partial charge in [-0.2, -0.15) is 0 Å². The van der Waals surface area contributed by atoms with Crippen LogP contribution in [0.1, 0.15) is 36.4 Å². The third kappa shape index (κ3) is 6.08. The molecule has 0 radical (unpaired) electrons. The van der Waals surface area contributed by atoms with E-state index in [0.717, 1.165) is 24.0 Å². The first kappa shape index (κ1) is 19.3. The Bertz CT molecular complexity index is 549. The number of primary amides is 1. The van der Waals surface area contributed by atoms with Crippen molar-refractivity contribution in [2.75, 3.05) is 6.54 Å². The highest BCUT2D eigenvalue weighted by Crippen LogP contribution is 2.31. The fourth-order valence-electron chi connectivity index (χ4n) is 2.57. The summed E-state index contributed by atoms with van der Waals surface area (Å²) in [7, 11) is 0. The molecule has 0 aromatic heterocycles. The zero-order valence-electron chi connectivity index (χ0n) is 13.2. The Morgan fingerprint density at radius 3 is 2.52 bits per heavy atom. The van der Waals surface area contributed by atoms with Crippen LogP contribution in [-0.2, 0) is 4.79 Å². The molecule has 3 amide bonds. The van der Waals surface area contributed by atoms with Gasteiger partial charge in [0, 0.05) is 12.6 Å². The second kappa shape index (κ2) is 8.74. The number of urea groups is 1. The van der Waals surface area contributed by atoms with Crippen molar-refractivity contribution in [3.05, 3.63) is 35.4 Å². The summed E-state index contributed by atoms with van der Waals surface area (Å²) in [5.41, 5.74) is 13.1. The first-order chi connectivity index (χ1) is 10.5. The molecule has 0 saturated heterocycles. The molecule has 2 unspecified atom stereocenters. The molecule has 1 aromatic rings. The summed E-state index contributed by atoms with van der Waals surface area (Å²) in [5, 5.41) is 5.48. The molecule has 2 atom stereocenters. The second-order valence-electron chi connectivity index (χ2n) is 5.93. The van der Waals surface area contributed by atoms with Crippen LogP contribution in [0.5, 0.6) is 0 Å². The van der Waals surface area contributed by atoms with Crippen molar-refractivity contribution in [3.8, 4) is 0 Å². The van der Waals surface area contributed by atoms with E-state index in [1.165, 1.54) is 0 Å². The molecular formula is C16H25ClN4O2. The number of halogens is 1. The van der Waals surface area contributed by atoms with Crippen molar-refractivity contribution in [2.45, 2.75) is 38.3 Å². The highest BCUT2D eigenvalue weighted by atomic mass is 35.5. The Morgan fingerprint density at radius 2 is 1.96 bits per heavy atom. The first-order valence-corrected chi connectivity index (χ1v) is 7.61. The highest BCUT2D eigenvalue weighted by Gasteiger charge is 2.28. The third-order valence-electron chi connectivity index (χ3n) is 4.03. The van der Waals surface area contributed by atoms with Crippen LogP contribution in [0.2, 0.25) is 0 Å². The smallest absolute Gasteiger partial charge is 0.312 e. The van der Waals surface area contributed by atoms with Crippen molar-refractivity contribution in [2.24, 2.45) is 17.4 Å². The van der Waals surface area contributed by atoms with Crippen LogP contribution in [0.15, 0.2) is 24.3 Å². The standard InChI is InChI=1S/C16H24N4O2.ClH/c1-10-4-2-3-5-12(10)14(20-16(18)22)8-15(21)19-9-13(17)11-6-7-11;/h2-5,11,13-14H,6-9,17H2,1H3,(H,19,21)(H3,18,20,22);1H. The lowest BCUT2D eigenvalue weighted by Crippen LogP contribution is -2.41. The van der Waals surface area contributed by atoms with E-state index in [0.29, 0.717) is 12.5 Å². The van der Waals surface area contributed by atoms with Gasteiger partial charge in [-0.25, -0.2) is 4.79 Å². The molecule has 0 aliphatic heterocycles. The van der Waals surface area contributed by atoms with Crippen LogP contribution in [-0.4, -0.2) is 24.5 Å². The van der Waals surface area contributed by atoms with E-state index in [9.17, 15) is 9.59 Å². The Labute approximate surface area is 142 Å². The number of nitrogens with one attached hydrogen (secondary N) is 2. The molecule has 128 valence electrons. The number of carbonyl (C=O) groups excluding carboxylic acids is 2. The average Bonchev–Trinajstić information content (AvgIpc) is 3.28. The molecule has 1 aromatic carbocycles. The number of hydrogen-bond donors (Lipinski definition) is 4. The van der Waals surface area contributed by atoms with Gasteiger partial charge in [-0.15, -0.1) is 12.4 Å². The lowest BCUT2D eigenvalue weighted by Gasteiger charge is -2.20. The maximum atomic E-state index is 12.1. The summed E-state index contributed by atoms with van der Waals surface area (Å²) in [6.07, 6.45) is 2.43. The fourth-order valence-corrected chi connectivity index (χ4v) is 2.57. The Hall–Kier alpha value is -1.79. The van der Waals surface area contributed by atoms with Crippen molar-refractivity contribution >= 4 is 24.3 Å². The van der Waals surface area contributed by atoms with E-state index in [1.54, 1.807) is 0 Å². The van der Waals surface area contributed by atoms with E-state index >= 15 is 0 Å². The normalized spacial score (nSPS) is 15.9. The van der Waals surface area contributed by atoms with Crippen LogP contribution in [0.25, 0.3) is 0 Å². The van der Waals surface area contributed by atoms with Gasteiger partial charge in [-0.05, 0) is 36.8 Å². The molecule has 0 heterocycles. The monoisotopic (exact) mass is 340 g/mol. The number of amides is 3. The predicted octanol–water partition coefficient (Wildman–Crippen LogP) is 1.37. The summed E-state index contributed by atoms with van der Waals surface area (Å²) >= 11 is 0. The lowest BCUT2D eigenvalue weighted by molar-refractivity contribution is -0.121. The molecule has 1 fully saturated rings. The van der Waals surface area contributed by atoms with E-state index in [4.69, 9.17) is 11.5 Å². The van der Waals surface area contributed by atoms with Crippen LogP contribution in [0.3, 0.4) is 0 Å². The second-order valence-corrected chi connectivity index (χ2v) is 5.93. The Morgan fingerprint density at radius 1 is 1.30 bits per heavy atom. The minimum Gasteiger partial charge on any atom is -0.354 e. The van der Waals surface area contributed by atoms with Gasteiger partial charge >= 0.3 is 6.03 Å². The van der Waals surface area contributed by atoms with Gasteiger partial charge in [0.05, 0.1) is 12.5 Å². The highest BCUT2D eigenvalue weighted by molar-refractivity contribution is 5.85. The molecule has 7 heteroatoms. The van der Waals surface area contributed by atoms with E-state index in [1.807, 2.05) is 31.2 Å². The van der Waals surface area contributed by atoms with Crippen LogP contribution in [0, 0.1) is 12.8 Å². The number of nitrogens with two attached hydrogens (primary N) is 2. The summed E-state index contributed by atoms with van der Waals surface area (Å²) in [6, 6.07) is 6.55. The van der Waals surface area contributed by atoms with Crippen LogP contribution >= 0.6 is 12.4 Å². The molecule has 0 bridgehead atoms. The summed E-state index contributed by atoms with van der Waals surface area (Å²) in [6.45, 7) is 2.41. The molecule has 1 aliphatic rings. The van der Waals surface area contributed by atoms with E-state index in [-0.39, 0.29) is 30.8 Å². The summed E-state index contributed by atoms with van der Waals surface area (Å²) in [4.78, 5) is 23.3. The molecule has 1 aliphatic carbocycles. The SMILES string of the molecule is Cc1ccccc1C(CC(=O)NCC(N)C1CC1)NC(N)=O.Cl. The number of carbonyl (C=O) groups is 2. The van der Waals surface area contributed by atoms with Gasteiger partial charge < -0.3 is 22.1 Å². The van der Waals surface area contributed by atoms with Gasteiger partial charge in [0.15, 0.2) is 0 Å². The van der Waals surface area contributed by atoms with Gasteiger partial charge in [-0.1, -0.05) is 24.3 Å². The van der Waals surface area contributed by atoms with Gasteiger partial charge in [0.2, 0.25) is 5.91 Å². The quantitative estimate of drug-likeness (QED) is 0.601. The molecule has 6 nitrogen and oxygen atoms in total. The predicted molar refractivity (Wildman–Crippen MR) is 92.2 cm³/mol. The third-order valence-corrected chi connectivity index (χ3v) is 4.03. The maximum absolute atomic E-state index is 12.1. The van der Waals surface area contributed by atoms with Crippen molar-refractivity contribution in [1.29, 1.82) is 0 Å². The molecule has 1 saturated carbocycles. The first-order valence-electron chi connectivity index (χ1n) is 7.61. The average molecular weight is 341 g/mol. The van der Waals surface area contributed by atoms with Crippen molar-refractivity contribution in [1.82, 2.24) is 10.6 Å². The van der Waals surface area contributed by atoms with Crippen LogP contribution < -0.4 is 22.1 Å². The van der Waals surface area contributed by atoms with Crippen molar-refractivity contribution < 1.29 is 9.59 Å². The van der Waals surface area contributed by atoms with E-state index < -0.39 is 12.1 Å². The topological polar surface area (TPSA) is 110 Å². The van der Waals surface area contributed by atoms with Gasteiger partial charge in [0.25, 0.3) is 0 Å². The Balaban J connectivity index is 0.00000264. The molecule has 2 rings (SSSR count). The molecular weight excluding hydrogens is 316 g/mol. The number of hydrogen-bond acceptors (Lipinski definition) is 3. The van der Waals surface area contributed by atoms with Crippen molar-refractivity contribution in [3.63, 3.8) is 0 Å². The number of rotatable bonds is 7. The largest absolute Gasteiger partial charge is 0.354 e. The summed E-state index contributed by atoms with van der Waals surface area (Å²) in [5.74, 6) is 0.398. The lowest BCUT2D eigenvalue weighted by atomic mass is 9.98. The number of benzene rings is 1. The fraction of sp³-hybridized carbons (Fsp3) is 0.500.